The molecule has 0 radical (unpaired) electrons. The summed E-state index contributed by atoms with van der Waals surface area (Å²) in [4.78, 5) is 10.8. The van der Waals surface area contributed by atoms with E-state index in [4.69, 9.17) is 10.5 Å². The molecule has 0 saturated carbocycles. The molecule has 0 atom stereocenters. The van der Waals surface area contributed by atoms with E-state index in [-0.39, 0.29) is 0 Å². The van der Waals surface area contributed by atoms with Crippen molar-refractivity contribution in [2.75, 3.05) is 30.8 Å². The third-order valence-corrected chi connectivity index (χ3v) is 4.41. The van der Waals surface area contributed by atoms with Crippen molar-refractivity contribution >= 4 is 11.8 Å². The molecule has 1 aromatic carbocycles. The lowest BCUT2D eigenvalue weighted by Gasteiger charge is -2.33. The maximum atomic E-state index is 5.76. The van der Waals surface area contributed by atoms with Crippen molar-refractivity contribution < 1.29 is 4.74 Å². The average Bonchev–Trinajstić information content (AvgIpc) is 2.60. The van der Waals surface area contributed by atoms with Crippen LogP contribution in [0.4, 0.5) is 11.8 Å². The maximum absolute atomic E-state index is 5.76. The van der Waals surface area contributed by atoms with Gasteiger partial charge in [0.25, 0.3) is 0 Å². The van der Waals surface area contributed by atoms with Crippen molar-refractivity contribution in [3.8, 4) is 5.75 Å². The molecule has 0 aliphatic carbocycles. The highest BCUT2D eigenvalue weighted by atomic mass is 16.5. The average molecular weight is 327 g/mol. The number of aryl methyl sites for hydroxylation is 1. The zero-order valence-electron chi connectivity index (χ0n) is 14.3. The minimum Gasteiger partial charge on any atom is -0.497 e. The molecule has 2 aromatic rings. The lowest BCUT2D eigenvalue weighted by molar-refractivity contribution is 0.406. The highest BCUT2D eigenvalue weighted by Crippen LogP contribution is 2.20. The van der Waals surface area contributed by atoms with Crippen LogP contribution in [-0.2, 0) is 6.54 Å². The monoisotopic (exact) mass is 327 g/mol. The van der Waals surface area contributed by atoms with E-state index < -0.39 is 0 Å². The highest BCUT2D eigenvalue weighted by molar-refractivity contribution is 5.43. The predicted octanol–water partition coefficient (Wildman–Crippen LogP) is 2.13. The molecule has 3 N–H and O–H groups in total. The molecular weight excluding hydrogens is 302 g/mol. The second-order valence-corrected chi connectivity index (χ2v) is 6.22. The number of aromatic nitrogens is 2. The number of ether oxygens (including phenoxy) is 1. The summed E-state index contributed by atoms with van der Waals surface area (Å²) in [5, 5.41) is 3.64. The molecule has 0 unspecified atom stereocenters. The third-order valence-electron chi connectivity index (χ3n) is 4.41. The highest BCUT2D eigenvalue weighted by Gasteiger charge is 2.20. The van der Waals surface area contributed by atoms with Gasteiger partial charge in [0, 0.05) is 37.4 Å². The van der Waals surface area contributed by atoms with E-state index in [1.165, 1.54) is 5.56 Å². The van der Waals surface area contributed by atoms with Crippen LogP contribution in [0.15, 0.2) is 30.3 Å². The molecule has 24 heavy (non-hydrogen) atoms. The van der Waals surface area contributed by atoms with Crippen molar-refractivity contribution in [2.24, 2.45) is 0 Å². The Morgan fingerprint density at radius 3 is 2.75 bits per heavy atom. The summed E-state index contributed by atoms with van der Waals surface area (Å²) in [5.41, 5.74) is 7.92. The van der Waals surface area contributed by atoms with E-state index in [2.05, 4.69) is 32.3 Å². The molecule has 1 fully saturated rings. The van der Waals surface area contributed by atoms with Crippen LogP contribution in [0.2, 0.25) is 0 Å². The summed E-state index contributed by atoms with van der Waals surface area (Å²) in [6.07, 6.45) is 2.18. The molecular formula is C18H25N5O. The quantitative estimate of drug-likeness (QED) is 0.876. The van der Waals surface area contributed by atoms with Crippen molar-refractivity contribution in [3.05, 3.63) is 41.6 Å². The summed E-state index contributed by atoms with van der Waals surface area (Å²) in [5.74, 6) is 2.19. The smallest absolute Gasteiger partial charge is 0.222 e. The summed E-state index contributed by atoms with van der Waals surface area (Å²) in [6, 6.07) is 10.7. The molecule has 2 heterocycles. The van der Waals surface area contributed by atoms with E-state index in [0.29, 0.717) is 12.0 Å². The molecule has 1 aromatic heterocycles. The fourth-order valence-corrected chi connectivity index (χ4v) is 3.09. The van der Waals surface area contributed by atoms with Crippen LogP contribution >= 0.6 is 0 Å². The van der Waals surface area contributed by atoms with Gasteiger partial charge < -0.3 is 20.7 Å². The topological polar surface area (TPSA) is 76.3 Å². The number of nitrogens with one attached hydrogen (secondary N) is 1. The van der Waals surface area contributed by atoms with Crippen LogP contribution in [0.25, 0.3) is 0 Å². The van der Waals surface area contributed by atoms with Gasteiger partial charge in [-0.1, -0.05) is 12.1 Å². The van der Waals surface area contributed by atoms with Gasteiger partial charge in [-0.2, -0.15) is 4.98 Å². The van der Waals surface area contributed by atoms with Gasteiger partial charge in [0.15, 0.2) is 0 Å². The van der Waals surface area contributed by atoms with Crippen LogP contribution in [0.5, 0.6) is 5.75 Å². The number of hydrogen-bond acceptors (Lipinski definition) is 6. The first-order chi connectivity index (χ1) is 11.6. The molecule has 6 nitrogen and oxygen atoms in total. The van der Waals surface area contributed by atoms with Crippen LogP contribution in [-0.4, -0.2) is 36.2 Å². The second-order valence-electron chi connectivity index (χ2n) is 6.22. The van der Waals surface area contributed by atoms with Crippen molar-refractivity contribution in [2.45, 2.75) is 32.4 Å². The van der Waals surface area contributed by atoms with Gasteiger partial charge in [-0.3, -0.25) is 0 Å². The number of nitrogens with zero attached hydrogens (tertiary/aromatic N) is 3. The number of nitrogens with two attached hydrogens (primary N) is 1. The summed E-state index contributed by atoms with van der Waals surface area (Å²) >= 11 is 0. The van der Waals surface area contributed by atoms with Crippen LogP contribution in [0.3, 0.4) is 0 Å². The van der Waals surface area contributed by atoms with Crippen molar-refractivity contribution in [1.82, 2.24) is 15.3 Å². The summed E-state index contributed by atoms with van der Waals surface area (Å²) in [6.45, 7) is 4.77. The first kappa shape index (κ1) is 16.5. The van der Waals surface area contributed by atoms with Gasteiger partial charge in [0.05, 0.1) is 7.11 Å². The summed E-state index contributed by atoms with van der Waals surface area (Å²) in [7, 11) is 1.70. The molecule has 0 amide bonds. The predicted molar refractivity (Wildman–Crippen MR) is 96.3 cm³/mol. The number of rotatable bonds is 5. The lowest BCUT2D eigenvalue weighted by atomic mass is 10.0. The molecule has 6 heteroatoms. The van der Waals surface area contributed by atoms with Gasteiger partial charge in [-0.05, 0) is 37.5 Å². The molecule has 1 aliphatic rings. The van der Waals surface area contributed by atoms with Crippen molar-refractivity contribution in [3.63, 3.8) is 0 Å². The van der Waals surface area contributed by atoms with Crippen LogP contribution in [0, 0.1) is 6.92 Å². The fourth-order valence-electron chi connectivity index (χ4n) is 3.09. The van der Waals surface area contributed by atoms with Crippen LogP contribution < -0.4 is 20.7 Å². The lowest BCUT2D eigenvalue weighted by Crippen LogP contribution is -2.42. The molecule has 1 aliphatic heterocycles. The number of hydrogen-bond donors (Lipinski definition) is 2. The van der Waals surface area contributed by atoms with E-state index in [0.717, 1.165) is 49.7 Å². The van der Waals surface area contributed by atoms with Crippen molar-refractivity contribution in [1.29, 1.82) is 0 Å². The minimum absolute atomic E-state index is 0.350. The van der Waals surface area contributed by atoms with Gasteiger partial charge in [-0.15, -0.1) is 0 Å². The zero-order chi connectivity index (χ0) is 16.9. The maximum Gasteiger partial charge on any atom is 0.222 e. The molecule has 128 valence electrons. The Labute approximate surface area is 143 Å². The number of benzene rings is 1. The van der Waals surface area contributed by atoms with Gasteiger partial charge >= 0.3 is 0 Å². The Balaban J connectivity index is 1.51. The zero-order valence-corrected chi connectivity index (χ0v) is 14.3. The number of methoxy groups -OCH3 is 1. The molecule has 0 bridgehead atoms. The molecule has 0 spiro atoms. The van der Waals surface area contributed by atoms with E-state index in [1.54, 1.807) is 7.11 Å². The fraction of sp³-hybridized carbons (Fsp3) is 0.444. The molecule has 1 saturated heterocycles. The van der Waals surface area contributed by atoms with Gasteiger partial charge in [-0.25, -0.2) is 4.98 Å². The normalized spacial score (nSPS) is 15.5. The second kappa shape index (κ2) is 7.49. The first-order valence-electron chi connectivity index (χ1n) is 8.36. The van der Waals surface area contributed by atoms with Crippen LogP contribution in [0.1, 0.15) is 24.1 Å². The van der Waals surface area contributed by atoms with Gasteiger partial charge in [0.1, 0.15) is 11.6 Å². The Hall–Kier alpha value is -2.34. The number of piperidine rings is 1. The van der Waals surface area contributed by atoms with E-state index >= 15 is 0 Å². The SMILES string of the molecule is COc1cccc(CNC2CCN(c3cc(C)nc(N)n3)CC2)c1. The Morgan fingerprint density at radius 2 is 2.04 bits per heavy atom. The summed E-state index contributed by atoms with van der Waals surface area (Å²) < 4.78 is 5.27. The molecule has 3 rings (SSSR count). The minimum atomic E-state index is 0.350. The third kappa shape index (κ3) is 4.14. The number of nitrogen functional groups attached to an aromatic ring is 1. The Morgan fingerprint density at radius 1 is 1.25 bits per heavy atom. The van der Waals surface area contributed by atoms with Gasteiger partial charge in [0.2, 0.25) is 5.95 Å². The van der Waals surface area contributed by atoms with E-state index in [9.17, 15) is 0 Å². The first-order valence-corrected chi connectivity index (χ1v) is 8.36. The Bertz CT molecular complexity index is 663. The standard InChI is InChI=1S/C18H25N5O/c1-13-10-17(22-18(19)21-13)23-8-6-15(7-9-23)20-12-14-4-3-5-16(11-14)24-2/h3-5,10-11,15,20H,6-9,12H2,1-2H3,(H2,19,21,22). The Kier molecular flexibility index (Phi) is 5.15. The number of anilines is 2. The largest absolute Gasteiger partial charge is 0.497 e. The van der Waals surface area contributed by atoms with E-state index in [1.807, 2.05) is 25.1 Å².